The average Bonchev–Trinajstić information content (AvgIpc) is 3.09. The molecular formula is C23H22N4O. The summed E-state index contributed by atoms with van der Waals surface area (Å²) in [5, 5.41) is 10.00. The number of carbonyl (C=O) groups excluding carboxylic acids is 1. The molecule has 0 fully saturated rings. The summed E-state index contributed by atoms with van der Waals surface area (Å²) in [4.78, 5) is 16.5. The van der Waals surface area contributed by atoms with Crippen molar-refractivity contribution in [2.45, 2.75) is 26.3 Å². The van der Waals surface area contributed by atoms with Crippen LogP contribution in [0.25, 0.3) is 16.5 Å². The first kappa shape index (κ1) is 17.9. The fourth-order valence-corrected chi connectivity index (χ4v) is 3.54. The molecule has 0 aliphatic carbocycles. The van der Waals surface area contributed by atoms with E-state index in [0.29, 0.717) is 6.42 Å². The van der Waals surface area contributed by atoms with Crippen molar-refractivity contribution in [1.82, 2.24) is 20.1 Å². The molecule has 5 heteroatoms. The Morgan fingerprint density at radius 1 is 1.07 bits per heavy atom. The Morgan fingerprint density at radius 2 is 1.89 bits per heavy atom. The summed E-state index contributed by atoms with van der Waals surface area (Å²) in [6.07, 6.45) is 5.57. The van der Waals surface area contributed by atoms with Gasteiger partial charge in [-0.25, -0.2) is 4.68 Å². The Morgan fingerprint density at radius 3 is 2.71 bits per heavy atom. The van der Waals surface area contributed by atoms with Crippen LogP contribution in [0.2, 0.25) is 0 Å². The van der Waals surface area contributed by atoms with Gasteiger partial charge in [-0.3, -0.25) is 9.78 Å². The third kappa shape index (κ3) is 3.51. The second kappa shape index (κ2) is 7.64. The normalized spacial score (nSPS) is 12.1. The van der Waals surface area contributed by atoms with Gasteiger partial charge < -0.3 is 5.32 Å². The lowest BCUT2D eigenvalue weighted by molar-refractivity contribution is -0.121. The summed E-state index contributed by atoms with van der Waals surface area (Å²) < 4.78 is 1.95. The van der Waals surface area contributed by atoms with Crippen molar-refractivity contribution in [2.75, 3.05) is 0 Å². The molecule has 4 aromatic rings. The van der Waals surface area contributed by atoms with Crippen LogP contribution in [0.15, 0.2) is 73.2 Å². The Hall–Kier alpha value is -3.47. The van der Waals surface area contributed by atoms with Crippen LogP contribution in [0, 0.1) is 6.92 Å². The Bertz CT molecular complexity index is 1110. The largest absolute Gasteiger partial charge is 0.349 e. The summed E-state index contributed by atoms with van der Waals surface area (Å²) >= 11 is 0. The number of nitrogens with one attached hydrogen (secondary N) is 1. The van der Waals surface area contributed by atoms with Crippen molar-refractivity contribution < 1.29 is 4.79 Å². The van der Waals surface area contributed by atoms with Crippen molar-refractivity contribution in [3.8, 4) is 5.69 Å². The van der Waals surface area contributed by atoms with Crippen LogP contribution in [0.1, 0.15) is 29.8 Å². The second-order valence-electron chi connectivity index (χ2n) is 6.92. The number of hydrogen-bond acceptors (Lipinski definition) is 3. The quantitative estimate of drug-likeness (QED) is 0.574. The number of benzene rings is 2. The Balaban J connectivity index is 1.57. The zero-order valence-electron chi connectivity index (χ0n) is 16.0. The van der Waals surface area contributed by atoms with Gasteiger partial charge in [-0.1, -0.05) is 42.5 Å². The number of fused-ring (bicyclic) bond motifs is 1. The number of rotatable bonds is 5. The van der Waals surface area contributed by atoms with E-state index in [2.05, 4.69) is 39.7 Å². The maximum Gasteiger partial charge on any atom is 0.224 e. The van der Waals surface area contributed by atoms with Gasteiger partial charge in [0.15, 0.2) is 0 Å². The molecule has 5 nitrogen and oxygen atoms in total. The van der Waals surface area contributed by atoms with Crippen LogP contribution in [-0.2, 0) is 11.2 Å². The third-order valence-corrected chi connectivity index (χ3v) is 4.97. The van der Waals surface area contributed by atoms with Crippen LogP contribution in [0.3, 0.4) is 0 Å². The molecule has 2 heterocycles. The highest BCUT2D eigenvalue weighted by Crippen LogP contribution is 2.25. The molecule has 28 heavy (non-hydrogen) atoms. The Kier molecular flexibility index (Phi) is 4.89. The molecule has 1 amide bonds. The fourth-order valence-electron chi connectivity index (χ4n) is 3.54. The van der Waals surface area contributed by atoms with Crippen molar-refractivity contribution in [1.29, 1.82) is 0 Å². The number of hydrogen-bond donors (Lipinski definition) is 1. The highest BCUT2D eigenvalue weighted by Gasteiger charge is 2.17. The minimum Gasteiger partial charge on any atom is -0.349 e. The second-order valence-corrected chi connectivity index (χ2v) is 6.92. The minimum absolute atomic E-state index is 0.0298. The molecule has 0 spiro atoms. The highest BCUT2D eigenvalue weighted by atomic mass is 16.1. The van der Waals surface area contributed by atoms with Gasteiger partial charge >= 0.3 is 0 Å². The van der Waals surface area contributed by atoms with E-state index in [1.54, 1.807) is 12.4 Å². The van der Waals surface area contributed by atoms with Gasteiger partial charge in [-0.2, -0.15) is 5.10 Å². The van der Waals surface area contributed by atoms with Crippen LogP contribution in [0.5, 0.6) is 0 Å². The fraction of sp³-hybridized carbons (Fsp3) is 0.174. The lowest BCUT2D eigenvalue weighted by Crippen LogP contribution is -2.28. The maximum absolute atomic E-state index is 12.4. The summed E-state index contributed by atoms with van der Waals surface area (Å²) in [6, 6.07) is 18.1. The number of aromatic nitrogens is 3. The van der Waals surface area contributed by atoms with E-state index in [0.717, 1.165) is 27.9 Å². The first-order valence-electron chi connectivity index (χ1n) is 9.34. The molecule has 0 aliphatic rings. The van der Waals surface area contributed by atoms with Crippen molar-refractivity contribution in [3.05, 3.63) is 90.0 Å². The van der Waals surface area contributed by atoms with Gasteiger partial charge in [0.25, 0.3) is 0 Å². The summed E-state index contributed by atoms with van der Waals surface area (Å²) in [5.41, 5.74) is 3.96. The lowest BCUT2D eigenvalue weighted by atomic mass is 10.1. The molecule has 0 aliphatic heterocycles. The van der Waals surface area contributed by atoms with Crippen LogP contribution < -0.4 is 5.32 Å². The molecule has 0 saturated carbocycles. The summed E-state index contributed by atoms with van der Waals surface area (Å²) in [7, 11) is 0. The zero-order valence-corrected chi connectivity index (χ0v) is 16.0. The van der Waals surface area contributed by atoms with Gasteiger partial charge in [-0.15, -0.1) is 0 Å². The van der Waals surface area contributed by atoms with E-state index in [-0.39, 0.29) is 11.9 Å². The molecule has 140 valence electrons. The number of nitrogens with zero attached hydrogens (tertiary/aromatic N) is 3. The molecule has 1 atom stereocenters. The first-order valence-corrected chi connectivity index (χ1v) is 9.34. The maximum atomic E-state index is 12.4. The number of pyridine rings is 1. The van der Waals surface area contributed by atoms with Gasteiger partial charge in [0, 0.05) is 29.0 Å². The average molecular weight is 370 g/mol. The third-order valence-electron chi connectivity index (χ3n) is 4.97. The standard InChI is InChI=1S/C23H22N4O/c1-16(26-23(28)13-18-7-6-12-24-14-18)21-15-25-27(17(21)2)22-11-5-9-19-8-3-4-10-20(19)22/h3-12,14-16H,13H2,1-2H3,(H,26,28)/t16-/m1/s1. The number of carbonyl (C=O) groups is 1. The van der Waals surface area contributed by atoms with E-state index in [9.17, 15) is 4.79 Å². The van der Waals surface area contributed by atoms with Crippen LogP contribution in [-0.4, -0.2) is 20.7 Å². The predicted octanol–water partition coefficient (Wildman–Crippen LogP) is 4.15. The molecule has 0 unspecified atom stereocenters. The smallest absolute Gasteiger partial charge is 0.224 e. The van der Waals surface area contributed by atoms with Crippen molar-refractivity contribution in [3.63, 3.8) is 0 Å². The zero-order chi connectivity index (χ0) is 19.5. The van der Waals surface area contributed by atoms with Crippen molar-refractivity contribution >= 4 is 16.7 Å². The molecular weight excluding hydrogens is 348 g/mol. The van der Waals surface area contributed by atoms with Gasteiger partial charge in [0.05, 0.1) is 24.3 Å². The van der Waals surface area contributed by atoms with Gasteiger partial charge in [0.2, 0.25) is 5.91 Å². The molecule has 1 N–H and O–H groups in total. The monoisotopic (exact) mass is 370 g/mol. The predicted molar refractivity (Wildman–Crippen MR) is 110 cm³/mol. The van der Waals surface area contributed by atoms with Crippen LogP contribution >= 0.6 is 0 Å². The van der Waals surface area contributed by atoms with Gasteiger partial charge in [0.1, 0.15) is 0 Å². The Labute approximate surface area is 164 Å². The number of amides is 1. The molecule has 0 bridgehead atoms. The van der Waals surface area contributed by atoms with E-state index < -0.39 is 0 Å². The summed E-state index contributed by atoms with van der Waals surface area (Å²) in [5.74, 6) is -0.0298. The molecule has 4 rings (SSSR count). The topological polar surface area (TPSA) is 59.8 Å². The first-order chi connectivity index (χ1) is 13.6. The highest BCUT2D eigenvalue weighted by molar-refractivity contribution is 5.90. The van der Waals surface area contributed by atoms with Crippen LogP contribution in [0.4, 0.5) is 0 Å². The molecule has 0 radical (unpaired) electrons. The molecule has 2 aromatic carbocycles. The van der Waals surface area contributed by atoms with E-state index in [1.165, 1.54) is 5.39 Å². The SMILES string of the molecule is Cc1c([C@@H](C)NC(=O)Cc2cccnc2)cnn1-c1cccc2ccccc12. The van der Waals surface area contributed by atoms with E-state index in [1.807, 2.05) is 55.1 Å². The van der Waals surface area contributed by atoms with E-state index >= 15 is 0 Å². The summed E-state index contributed by atoms with van der Waals surface area (Å²) in [6.45, 7) is 4.02. The minimum atomic E-state index is -0.132. The van der Waals surface area contributed by atoms with E-state index in [4.69, 9.17) is 0 Å². The molecule has 2 aromatic heterocycles. The molecule has 0 saturated heterocycles. The van der Waals surface area contributed by atoms with Gasteiger partial charge in [-0.05, 0) is 36.9 Å². The van der Waals surface area contributed by atoms with Crippen molar-refractivity contribution in [2.24, 2.45) is 0 Å². The lowest BCUT2D eigenvalue weighted by Gasteiger charge is -2.15.